The zero-order valence-electron chi connectivity index (χ0n) is 17.0. The number of carbonyl (C=O) groups is 1. The fourth-order valence-corrected chi connectivity index (χ4v) is 3.29. The number of halogens is 3. The second-order valence-corrected chi connectivity index (χ2v) is 7.23. The van der Waals surface area contributed by atoms with Crippen molar-refractivity contribution in [3.8, 4) is 16.9 Å². The molecule has 8 heteroatoms. The highest BCUT2D eigenvalue weighted by Gasteiger charge is 2.30. The Morgan fingerprint density at radius 1 is 1.00 bits per heavy atom. The lowest BCUT2D eigenvalue weighted by molar-refractivity contribution is -0.137. The Morgan fingerprint density at radius 2 is 1.72 bits per heavy atom. The molecule has 1 atom stereocenters. The Labute approximate surface area is 182 Å². The maximum atomic E-state index is 13.1. The third kappa shape index (κ3) is 4.54. The van der Waals surface area contributed by atoms with Gasteiger partial charge in [-0.2, -0.15) is 18.3 Å². The van der Waals surface area contributed by atoms with Crippen LogP contribution < -0.4 is 5.32 Å². The Kier molecular flexibility index (Phi) is 5.77. The van der Waals surface area contributed by atoms with Crippen LogP contribution in [0.1, 0.15) is 34.5 Å². The Hall–Kier alpha value is -3.94. The lowest BCUT2D eigenvalue weighted by atomic mass is 10.0. The average molecular weight is 436 g/mol. The van der Waals surface area contributed by atoms with Crippen LogP contribution in [-0.4, -0.2) is 20.7 Å². The molecule has 2 aromatic heterocycles. The summed E-state index contributed by atoms with van der Waals surface area (Å²) in [5.41, 5.74) is 2.08. The molecule has 32 heavy (non-hydrogen) atoms. The number of benzene rings is 2. The molecule has 4 rings (SSSR count). The van der Waals surface area contributed by atoms with Crippen LogP contribution in [-0.2, 0) is 6.18 Å². The van der Waals surface area contributed by atoms with Gasteiger partial charge in [-0.05, 0) is 48.9 Å². The van der Waals surface area contributed by atoms with E-state index >= 15 is 0 Å². The van der Waals surface area contributed by atoms with Crippen LogP contribution >= 0.6 is 0 Å². The minimum Gasteiger partial charge on any atom is -0.345 e. The summed E-state index contributed by atoms with van der Waals surface area (Å²) in [6.45, 7) is 1.71. The smallest absolute Gasteiger partial charge is 0.345 e. The van der Waals surface area contributed by atoms with E-state index in [2.05, 4.69) is 15.4 Å². The van der Waals surface area contributed by atoms with Gasteiger partial charge in [-0.15, -0.1) is 0 Å². The molecule has 0 fully saturated rings. The van der Waals surface area contributed by atoms with Gasteiger partial charge >= 0.3 is 6.18 Å². The normalized spacial score (nSPS) is 12.4. The molecular weight excluding hydrogens is 417 g/mol. The van der Waals surface area contributed by atoms with E-state index in [1.807, 2.05) is 30.3 Å². The van der Waals surface area contributed by atoms with Gasteiger partial charge in [0.25, 0.3) is 5.91 Å². The van der Waals surface area contributed by atoms with Crippen LogP contribution in [0.4, 0.5) is 13.2 Å². The predicted octanol–water partition coefficient (Wildman–Crippen LogP) is 5.44. The first-order chi connectivity index (χ1) is 15.3. The van der Waals surface area contributed by atoms with Gasteiger partial charge in [0.15, 0.2) is 0 Å². The maximum absolute atomic E-state index is 13.1. The Bertz CT molecular complexity index is 1200. The molecule has 1 N–H and O–H groups in total. The molecular formula is C24H19F3N4O. The summed E-state index contributed by atoms with van der Waals surface area (Å²) in [4.78, 5) is 17.2. The quantitative estimate of drug-likeness (QED) is 0.453. The van der Waals surface area contributed by atoms with Crippen LogP contribution in [0, 0.1) is 0 Å². The Morgan fingerprint density at radius 3 is 2.34 bits per heavy atom. The molecule has 0 spiro atoms. The lowest BCUT2D eigenvalue weighted by Gasteiger charge is -2.15. The summed E-state index contributed by atoms with van der Waals surface area (Å²) in [5.74, 6) is -0.390. The summed E-state index contributed by atoms with van der Waals surface area (Å²) in [7, 11) is 0. The fraction of sp³-hybridized carbons (Fsp3) is 0.125. The zero-order chi connectivity index (χ0) is 22.7. The van der Waals surface area contributed by atoms with Gasteiger partial charge in [-0.1, -0.05) is 30.3 Å². The number of carbonyl (C=O) groups excluding carboxylic acids is 1. The molecule has 2 aromatic carbocycles. The molecule has 0 radical (unpaired) electrons. The van der Waals surface area contributed by atoms with Gasteiger partial charge < -0.3 is 5.32 Å². The standard InChI is InChI=1S/C24H19F3N4O/c1-16(17-9-11-19(12-10-17)24(25,26)27)29-23(32)21-15-31(20-7-3-2-4-8-20)30-22(21)18-6-5-13-28-14-18/h2-16H,1H3,(H,29,32). The number of rotatable bonds is 5. The van der Waals surface area contributed by atoms with Crippen LogP contribution in [0.5, 0.6) is 0 Å². The van der Waals surface area contributed by atoms with Crippen molar-refractivity contribution in [2.75, 3.05) is 0 Å². The van der Waals surface area contributed by atoms with Crippen molar-refractivity contribution in [1.29, 1.82) is 0 Å². The second-order valence-electron chi connectivity index (χ2n) is 7.23. The number of nitrogens with one attached hydrogen (secondary N) is 1. The first-order valence-corrected chi connectivity index (χ1v) is 9.86. The highest BCUT2D eigenvalue weighted by Crippen LogP contribution is 2.30. The third-order valence-corrected chi connectivity index (χ3v) is 5.00. The molecule has 1 amide bonds. The molecule has 4 aromatic rings. The van der Waals surface area contributed by atoms with Crippen molar-refractivity contribution in [2.24, 2.45) is 0 Å². The van der Waals surface area contributed by atoms with Crippen molar-refractivity contribution in [1.82, 2.24) is 20.1 Å². The van der Waals surface area contributed by atoms with Gasteiger partial charge in [-0.3, -0.25) is 9.78 Å². The highest BCUT2D eigenvalue weighted by molar-refractivity contribution is 6.00. The summed E-state index contributed by atoms with van der Waals surface area (Å²) in [5, 5.41) is 7.43. The first kappa shape index (κ1) is 21.3. The van der Waals surface area contributed by atoms with Crippen LogP contribution in [0.2, 0.25) is 0 Å². The monoisotopic (exact) mass is 436 g/mol. The van der Waals surface area contributed by atoms with E-state index < -0.39 is 23.7 Å². The van der Waals surface area contributed by atoms with Crippen LogP contribution in [0.3, 0.4) is 0 Å². The first-order valence-electron chi connectivity index (χ1n) is 9.86. The average Bonchev–Trinajstić information content (AvgIpc) is 3.25. The molecule has 0 saturated carbocycles. The molecule has 0 saturated heterocycles. The lowest BCUT2D eigenvalue weighted by Crippen LogP contribution is -2.26. The molecule has 1 unspecified atom stereocenters. The maximum Gasteiger partial charge on any atom is 0.416 e. The topological polar surface area (TPSA) is 59.8 Å². The molecule has 162 valence electrons. The van der Waals surface area contributed by atoms with Gasteiger partial charge in [0.05, 0.1) is 22.9 Å². The molecule has 2 heterocycles. The molecule has 0 aliphatic rings. The molecule has 0 aliphatic heterocycles. The SMILES string of the molecule is CC(NC(=O)c1cn(-c2ccccc2)nc1-c1cccnc1)c1ccc(C(F)(F)F)cc1. The molecule has 0 aliphatic carbocycles. The predicted molar refractivity (Wildman–Crippen MR) is 114 cm³/mol. The van der Waals surface area contributed by atoms with E-state index in [9.17, 15) is 18.0 Å². The van der Waals surface area contributed by atoms with Crippen molar-refractivity contribution >= 4 is 5.91 Å². The van der Waals surface area contributed by atoms with Crippen molar-refractivity contribution < 1.29 is 18.0 Å². The van der Waals surface area contributed by atoms with Gasteiger partial charge in [0, 0.05) is 24.2 Å². The van der Waals surface area contributed by atoms with Gasteiger partial charge in [0.2, 0.25) is 0 Å². The number of nitrogens with zero attached hydrogens (tertiary/aromatic N) is 3. The van der Waals surface area contributed by atoms with E-state index in [1.54, 1.807) is 42.3 Å². The number of aromatic nitrogens is 3. The minimum atomic E-state index is -4.41. The fourth-order valence-electron chi connectivity index (χ4n) is 3.29. The van der Waals surface area contributed by atoms with Crippen molar-refractivity contribution in [3.05, 3.63) is 102 Å². The largest absolute Gasteiger partial charge is 0.416 e. The van der Waals surface area contributed by atoms with Gasteiger partial charge in [0.1, 0.15) is 5.69 Å². The highest BCUT2D eigenvalue weighted by atomic mass is 19.4. The number of alkyl halides is 3. The summed E-state index contributed by atoms with van der Waals surface area (Å²) < 4.78 is 40.1. The number of amides is 1. The van der Waals surface area contributed by atoms with E-state index in [0.717, 1.165) is 17.8 Å². The summed E-state index contributed by atoms with van der Waals surface area (Å²) in [6, 6.07) is 17.1. The zero-order valence-corrected chi connectivity index (χ0v) is 17.0. The van der Waals surface area contributed by atoms with E-state index in [-0.39, 0.29) is 0 Å². The molecule has 5 nitrogen and oxygen atoms in total. The van der Waals surface area contributed by atoms with E-state index in [0.29, 0.717) is 22.4 Å². The third-order valence-electron chi connectivity index (χ3n) is 5.00. The summed E-state index contributed by atoms with van der Waals surface area (Å²) in [6.07, 6.45) is 0.472. The van der Waals surface area contributed by atoms with Crippen LogP contribution in [0.15, 0.2) is 85.3 Å². The van der Waals surface area contributed by atoms with Crippen molar-refractivity contribution in [2.45, 2.75) is 19.1 Å². The number of hydrogen-bond acceptors (Lipinski definition) is 3. The Balaban J connectivity index is 1.63. The van der Waals surface area contributed by atoms with Gasteiger partial charge in [-0.25, -0.2) is 4.68 Å². The number of hydrogen-bond donors (Lipinski definition) is 1. The van der Waals surface area contributed by atoms with Crippen molar-refractivity contribution in [3.63, 3.8) is 0 Å². The second kappa shape index (κ2) is 8.66. The van der Waals surface area contributed by atoms with E-state index in [1.165, 1.54) is 12.1 Å². The number of pyridine rings is 1. The minimum absolute atomic E-state index is 0.334. The summed E-state index contributed by atoms with van der Waals surface area (Å²) >= 11 is 0. The van der Waals surface area contributed by atoms with Crippen LogP contribution in [0.25, 0.3) is 16.9 Å². The number of para-hydroxylation sites is 1. The van der Waals surface area contributed by atoms with E-state index in [4.69, 9.17) is 0 Å². The molecule has 0 bridgehead atoms.